The molecule has 0 atom stereocenters. The summed E-state index contributed by atoms with van der Waals surface area (Å²) in [5.74, 6) is -0.432. The number of methoxy groups -OCH3 is 1. The lowest BCUT2D eigenvalue weighted by Crippen LogP contribution is -2.38. The summed E-state index contributed by atoms with van der Waals surface area (Å²) < 4.78 is 5.02. The largest absolute Gasteiger partial charge is 0.489 e. The van der Waals surface area contributed by atoms with E-state index in [9.17, 15) is 14.7 Å². The molecule has 7 nitrogen and oxygen atoms in total. The second-order valence-corrected chi connectivity index (χ2v) is 5.47. The summed E-state index contributed by atoms with van der Waals surface area (Å²) >= 11 is 0. The van der Waals surface area contributed by atoms with Gasteiger partial charge in [-0.05, 0) is 12.8 Å². The van der Waals surface area contributed by atoms with E-state index in [0.717, 1.165) is 25.7 Å². The van der Waals surface area contributed by atoms with E-state index in [1.54, 1.807) is 0 Å². The minimum absolute atomic E-state index is 0.0756. The molecule has 0 aliphatic heterocycles. The number of nitrogens with one attached hydrogen (secondary N) is 2. The molecular weight excluding hydrogens is 274 g/mol. The van der Waals surface area contributed by atoms with E-state index >= 15 is 0 Å². The van der Waals surface area contributed by atoms with Crippen LogP contribution in [0, 0.1) is 5.41 Å². The molecule has 1 aliphatic rings. The molecule has 1 fully saturated rings. The summed E-state index contributed by atoms with van der Waals surface area (Å²) in [4.78, 5) is 29.8. The molecule has 0 spiro atoms. The molecule has 116 valence electrons. The Balaban J connectivity index is 2.17. The van der Waals surface area contributed by atoms with Crippen LogP contribution in [0.25, 0.3) is 0 Å². The van der Waals surface area contributed by atoms with Crippen molar-refractivity contribution in [2.24, 2.45) is 5.41 Å². The number of carbonyl (C=O) groups is 1. The highest BCUT2D eigenvalue weighted by Gasteiger charge is 2.38. The first-order chi connectivity index (χ1) is 10.1. The van der Waals surface area contributed by atoms with Crippen molar-refractivity contribution < 1.29 is 14.6 Å². The van der Waals surface area contributed by atoms with Gasteiger partial charge >= 0.3 is 5.97 Å². The molecule has 1 aliphatic carbocycles. The molecule has 0 saturated heterocycles. The van der Waals surface area contributed by atoms with E-state index in [1.165, 1.54) is 13.4 Å². The maximum Gasteiger partial charge on any atom is 0.311 e. The van der Waals surface area contributed by atoms with Gasteiger partial charge in [0, 0.05) is 6.54 Å². The van der Waals surface area contributed by atoms with Crippen LogP contribution in [0.2, 0.25) is 0 Å². The Morgan fingerprint density at radius 1 is 1.43 bits per heavy atom. The summed E-state index contributed by atoms with van der Waals surface area (Å²) in [5, 5.41) is 12.6. The molecular formula is C14H21N3O4. The highest BCUT2D eigenvalue weighted by Crippen LogP contribution is 2.36. The third-order valence-electron chi connectivity index (χ3n) is 4.12. The van der Waals surface area contributed by atoms with Crippen molar-refractivity contribution in [3.8, 4) is 5.75 Å². The average Bonchev–Trinajstić information content (AvgIpc) is 2.71. The summed E-state index contributed by atoms with van der Waals surface area (Å²) in [7, 11) is 1.38. The molecule has 0 aromatic carbocycles. The molecule has 0 amide bonds. The maximum absolute atomic E-state index is 11.7. The van der Waals surface area contributed by atoms with Crippen molar-refractivity contribution in [1.82, 2.24) is 9.97 Å². The summed E-state index contributed by atoms with van der Waals surface area (Å²) in [6.45, 7) is 0.245. The van der Waals surface area contributed by atoms with E-state index in [1.807, 2.05) is 0 Å². The van der Waals surface area contributed by atoms with Crippen LogP contribution in [-0.2, 0) is 4.79 Å². The van der Waals surface area contributed by atoms with E-state index in [-0.39, 0.29) is 23.7 Å². The van der Waals surface area contributed by atoms with Gasteiger partial charge in [0.15, 0.2) is 5.82 Å². The van der Waals surface area contributed by atoms with E-state index < -0.39 is 11.4 Å². The number of hydrogen-bond acceptors (Lipinski definition) is 5. The van der Waals surface area contributed by atoms with Crippen molar-refractivity contribution in [3.63, 3.8) is 0 Å². The van der Waals surface area contributed by atoms with Gasteiger partial charge in [-0.1, -0.05) is 25.7 Å². The van der Waals surface area contributed by atoms with Gasteiger partial charge in [0.2, 0.25) is 5.75 Å². The minimum Gasteiger partial charge on any atom is -0.489 e. The van der Waals surface area contributed by atoms with Gasteiger partial charge in [-0.25, -0.2) is 4.98 Å². The van der Waals surface area contributed by atoms with Crippen LogP contribution >= 0.6 is 0 Å². The summed E-state index contributed by atoms with van der Waals surface area (Å²) in [6.07, 6.45) is 6.51. The van der Waals surface area contributed by atoms with Crippen LogP contribution in [0.3, 0.4) is 0 Å². The molecule has 1 aromatic heterocycles. The predicted molar refractivity (Wildman–Crippen MR) is 77.7 cm³/mol. The van der Waals surface area contributed by atoms with Gasteiger partial charge in [0.05, 0.1) is 18.9 Å². The van der Waals surface area contributed by atoms with Crippen molar-refractivity contribution in [1.29, 1.82) is 0 Å². The third kappa shape index (κ3) is 3.34. The zero-order valence-electron chi connectivity index (χ0n) is 12.1. The first-order valence-electron chi connectivity index (χ1n) is 7.18. The van der Waals surface area contributed by atoms with Crippen LogP contribution in [0.15, 0.2) is 11.1 Å². The number of nitrogens with zero attached hydrogens (tertiary/aromatic N) is 1. The lowest BCUT2D eigenvalue weighted by atomic mass is 9.80. The number of ether oxygens (including phenoxy) is 1. The fraction of sp³-hybridized carbons (Fsp3) is 0.643. The van der Waals surface area contributed by atoms with Crippen molar-refractivity contribution in [2.45, 2.75) is 38.5 Å². The SMILES string of the molecule is COc1c(NCC2(C(=O)O)CCCCCC2)nc[nH]c1=O. The summed E-state index contributed by atoms with van der Waals surface area (Å²) in [5.41, 5.74) is -1.19. The number of aromatic nitrogens is 2. The highest BCUT2D eigenvalue weighted by molar-refractivity contribution is 5.75. The molecule has 7 heteroatoms. The van der Waals surface area contributed by atoms with Crippen LogP contribution in [-0.4, -0.2) is 34.7 Å². The molecule has 3 N–H and O–H groups in total. The molecule has 1 saturated carbocycles. The Morgan fingerprint density at radius 3 is 2.67 bits per heavy atom. The van der Waals surface area contributed by atoms with Crippen LogP contribution < -0.4 is 15.6 Å². The molecule has 21 heavy (non-hydrogen) atoms. The predicted octanol–water partition coefficient (Wildman–Crippen LogP) is 1.62. The zero-order chi connectivity index (χ0) is 15.3. The maximum atomic E-state index is 11.7. The fourth-order valence-electron chi connectivity index (χ4n) is 2.83. The van der Waals surface area contributed by atoms with Crippen LogP contribution in [0.5, 0.6) is 5.75 Å². The Morgan fingerprint density at radius 2 is 2.10 bits per heavy atom. The standard InChI is InChI=1S/C14H21N3O4/c1-21-10-11(16-9-17-12(10)18)15-8-14(13(19)20)6-4-2-3-5-7-14/h9H,2-8H2,1H3,(H,19,20)(H2,15,16,17,18). The smallest absolute Gasteiger partial charge is 0.311 e. The number of aromatic amines is 1. The van der Waals surface area contributed by atoms with E-state index in [4.69, 9.17) is 4.74 Å². The van der Waals surface area contributed by atoms with E-state index in [2.05, 4.69) is 15.3 Å². The number of hydrogen-bond donors (Lipinski definition) is 3. The average molecular weight is 295 g/mol. The molecule has 1 heterocycles. The number of H-pyrrole nitrogens is 1. The van der Waals surface area contributed by atoms with Gasteiger partial charge in [0.25, 0.3) is 5.56 Å². The molecule has 0 unspecified atom stereocenters. The Hall–Kier alpha value is -2.05. The number of carboxylic acids is 1. The summed E-state index contributed by atoms with van der Waals surface area (Å²) in [6, 6.07) is 0. The van der Waals surface area contributed by atoms with Gasteiger partial charge in [-0.3, -0.25) is 9.59 Å². The van der Waals surface area contributed by atoms with Crippen molar-refractivity contribution in [2.75, 3.05) is 19.0 Å². The second kappa shape index (κ2) is 6.60. The molecule has 1 aromatic rings. The van der Waals surface area contributed by atoms with Crippen molar-refractivity contribution >= 4 is 11.8 Å². The first kappa shape index (κ1) is 15.3. The Labute approximate surface area is 122 Å². The van der Waals surface area contributed by atoms with Crippen LogP contribution in [0.4, 0.5) is 5.82 Å². The lowest BCUT2D eigenvalue weighted by Gasteiger charge is -2.28. The number of anilines is 1. The quantitative estimate of drug-likeness (QED) is 0.713. The normalized spacial score (nSPS) is 17.8. The first-order valence-corrected chi connectivity index (χ1v) is 7.18. The topological polar surface area (TPSA) is 104 Å². The monoisotopic (exact) mass is 295 g/mol. The zero-order valence-corrected chi connectivity index (χ0v) is 12.1. The van der Waals surface area contributed by atoms with E-state index in [0.29, 0.717) is 12.8 Å². The Kier molecular flexibility index (Phi) is 4.82. The third-order valence-corrected chi connectivity index (χ3v) is 4.12. The van der Waals surface area contributed by atoms with Gasteiger partial charge in [-0.2, -0.15) is 0 Å². The van der Waals surface area contributed by atoms with Gasteiger partial charge < -0.3 is 20.1 Å². The van der Waals surface area contributed by atoms with Gasteiger partial charge in [0.1, 0.15) is 0 Å². The number of rotatable bonds is 5. The molecule has 0 bridgehead atoms. The van der Waals surface area contributed by atoms with Gasteiger partial charge in [-0.15, -0.1) is 0 Å². The molecule has 0 radical (unpaired) electrons. The van der Waals surface area contributed by atoms with Crippen molar-refractivity contribution in [3.05, 3.63) is 16.7 Å². The minimum atomic E-state index is -0.800. The number of aliphatic carboxylic acids is 1. The number of carboxylic acid groups (broad SMARTS) is 1. The molecule has 2 rings (SSSR count). The second-order valence-electron chi connectivity index (χ2n) is 5.47. The highest BCUT2D eigenvalue weighted by atomic mass is 16.5. The fourth-order valence-corrected chi connectivity index (χ4v) is 2.83. The lowest BCUT2D eigenvalue weighted by molar-refractivity contribution is -0.149. The van der Waals surface area contributed by atoms with Crippen LogP contribution in [0.1, 0.15) is 38.5 Å². The Bertz CT molecular complexity index is 547.